The smallest absolute Gasteiger partial charge is 0.227 e. The first-order chi connectivity index (χ1) is 11.5. The molecule has 1 heterocycles. The summed E-state index contributed by atoms with van der Waals surface area (Å²) in [6, 6.07) is 10.7. The molecular weight excluding hydrogens is 312 g/mol. The van der Waals surface area contributed by atoms with E-state index in [-0.39, 0.29) is 11.6 Å². The maximum atomic E-state index is 13.6. The topological polar surface area (TPSA) is 44.7 Å². The molecule has 4 nitrogen and oxygen atoms in total. The van der Waals surface area contributed by atoms with Gasteiger partial charge in [0.1, 0.15) is 5.82 Å². The van der Waals surface area contributed by atoms with Crippen molar-refractivity contribution < 1.29 is 13.6 Å². The van der Waals surface area contributed by atoms with Crippen molar-refractivity contribution in [3.8, 4) is 0 Å². The minimum Gasteiger partial charge on any atom is -0.312 e. The molecule has 0 atom stereocenters. The Bertz CT molecular complexity index is 787. The van der Waals surface area contributed by atoms with Gasteiger partial charge in [0.25, 0.3) is 0 Å². The zero-order valence-corrected chi connectivity index (χ0v) is 13.2. The van der Waals surface area contributed by atoms with Gasteiger partial charge in [0, 0.05) is 24.7 Å². The Balaban J connectivity index is 1.72. The predicted octanol–water partition coefficient (Wildman–Crippen LogP) is 3.93. The second-order valence-electron chi connectivity index (χ2n) is 5.63. The van der Waals surface area contributed by atoms with E-state index in [0.29, 0.717) is 12.1 Å². The zero-order valence-electron chi connectivity index (χ0n) is 13.2. The number of hydrazone groups is 1. The summed E-state index contributed by atoms with van der Waals surface area (Å²) in [6.45, 7) is 2.53. The molecule has 0 bridgehead atoms. The van der Waals surface area contributed by atoms with E-state index in [9.17, 15) is 13.6 Å². The molecule has 0 aromatic heterocycles. The second-order valence-corrected chi connectivity index (χ2v) is 5.63. The maximum Gasteiger partial charge on any atom is 0.227 e. The fourth-order valence-electron chi connectivity index (χ4n) is 2.59. The quantitative estimate of drug-likeness (QED) is 0.682. The molecule has 6 heteroatoms. The fraction of sp³-hybridized carbons (Fsp3) is 0.222. The van der Waals surface area contributed by atoms with Crippen molar-refractivity contribution in [1.82, 2.24) is 0 Å². The van der Waals surface area contributed by atoms with E-state index in [4.69, 9.17) is 0 Å². The van der Waals surface area contributed by atoms with Gasteiger partial charge in [-0.3, -0.25) is 10.2 Å². The van der Waals surface area contributed by atoms with Crippen LogP contribution in [0.4, 0.5) is 20.2 Å². The third kappa shape index (κ3) is 3.42. The van der Waals surface area contributed by atoms with Crippen LogP contribution in [0.15, 0.2) is 47.6 Å². The lowest BCUT2D eigenvalue weighted by atomic mass is 10.1. The van der Waals surface area contributed by atoms with Crippen LogP contribution in [0.3, 0.4) is 0 Å². The highest BCUT2D eigenvalue weighted by Crippen LogP contribution is 2.22. The summed E-state index contributed by atoms with van der Waals surface area (Å²) in [5.41, 5.74) is 5.07. The molecule has 1 amide bonds. The molecule has 1 fully saturated rings. The van der Waals surface area contributed by atoms with Crippen LogP contribution in [-0.4, -0.2) is 18.2 Å². The summed E-state index contributed by atoms with van der Waals surface area (Å²) < 4.78 is 26.4. The molecule has 1 N–H and O–H groups in total. The van der Waals surface area contributed by atoms with Gasteiger partial charge in [-0.15, -0.1) is 0 Å². The molecule has 0 radical (unpaired) electrons. The lowest BCUT2D eigenvalue weighted by Crippen LogP contribution is -2.23. The van der Waals surface area contributed by atoms with Crippen LogP contribution in [0, 0.1) is 11.6 Å². The molecule has 1 saturated heterocycles. The fourth-order valence-corrected chi connectivity index (χ4v) is 2.59. The van der Waals surface area contributed by atoms with Gasteiger partial charge in [-0.1, -0.05) is 12.1 Å². The Morgan fingerprint density at radius 2 is 1.92 bits per heavy atom. The molecule has 2 aromatic carbocycles. The first kappa shape index (κ1) is 16.1. The van der Waals surface area contributed by atoms with Crippen LogP contribution in [-0.2, 0) is 4.79 Å². The van der Waals surface area contributed by atoms with E-state index in [0.717, 1.165) is 36.3 Å². The number of nitrogens with zero attached hydrogens (tertiary/aromatic N) is 2. The minimum absolute atomic E-state index is 0.107. The highest BCUT2D eigenvalue weighted by atomic mass is 19.1. The Morgan fingerprint density at radius 3 is 2.54 bits per heavy atom. The minimum atomic E-state index is -0.700. The van der Waals surface area contributed by atoms with E-state index in [2.05, 4.69) is 10.5 Å². The number of amides is 1. The van der Waals surface area contributed by atoms with Gasteiger partial charge in [-0.25, -0.2) is 8.78 Å². The van der Waals surface area contributed by atoms with E-state index < -0.39 is 11.6 Å². The van der Waals surface area contributed by atoms with E-state index in [1.807, 2.05) is 24.3 Å². The highest BCUT2D eigenvalue weighted by molar-refractivity contribution is 6.00. The number of halogens is 2. The SMILES string of the molecule is C/C(=N/Nc1ccc(F)cc1F)c1ccc(N2CCCC2=O)cc1. The van der Waals surface area contributed by atoms with Gasteiger partial charge in [0.15, 0.2) is 5.82 Å². The molecule has 0 spiro atoms. The van der Waals surface area contributed by atoms with Crippen molar-refractivity contribution >= 4 is 23.0 Å². The third-order valence-corrected chi connectivity index (χ3v) is 3.95. The van der Waals surface area contributed by atoms with Gasteiger partial charge in [0.05, 0.1) is 11.4 Å². The molecule has 24 heavy (non-hydrogen) atoms. The van der Waals surface area contributed by atoms with Crippen molar-refractivity contribution in [2.45, 2.75) is 19.8 Å². The standard InChI is InChI=1S/C18H17F2N3O/c1-12(21-22-17-9-6-14(19)11-16(17)20)13-4-7-15(8-5-13)23-10-2-3-18(23)24/h4-9,11,22H,2-3,10H2,1H3/b21-12-. The summed E-state index contributed by atoms with van der Waals surface area (Å²) in [7, 11) is 0. The number of hydrogen-bond donors (Lipinski definition) is 1. The lowest BCUT2D eigenvalue weighted by molar-refractivity contribution is -0.117. The summed E-state index contributed by atoms with van der Waals surface area (Å²) >= 11 is 0. The molecular formula is C18H17F2N3O. The highest BCUT2D eigenvalue weighted by Gasteiger charge is 2.21. The zero-order chi connectivity index (χ0) is 17.1. The van der Waals surface area contributed by atoms with Crippen molar-refractivity contribution in [2.24, 2.45) is 5.10 Å². The summed E-state index contributed by atoms with van der Waals surface area (Å²) in [4.78, 5) is 13.5. The molecule has 124 valence electrons. The lowest BCUT2D eigenvalue weighted by Gasteiger charge is -2.15. The van der Waals surface area contributed by atoms with Crippen molar-refractivity contribution in [1.29, 1.82) is 0 Å². The van der Waals surface area contributed by atoms with E-state index in [1.165, 1.54) is 6.07 Å². The molecule has 1 aliphatic rings. The average molecular weight is 329 g/mol. The third-order valence-electron chi connectivity index (χ3n) is 3.95. The maximum absolute atomic E-state index is 13.6. The molecule has 3 rings (SSSR count). The summed E-state index contributed by atoms with van der Waals surface area (Å²) in [6.07, 6.45) is 1.48. The number of anilines is 2. The van der Waals surface area contributed by atoms with Crippen LogP contribution in [0.25, 0.3) is 0 Å². The number of hydrogen-bond acceptors (Lipinski definition) is 3. The predicted molar refractivity (Wildman–Crippen MR) is 90.2 cm³/mol. The van der Waals surface area contributed by atoms with Gasteiger partial charge < -0.3 is 4.90 Å². The molecule has 0 aliphatic carbocycles. The van der Waals surface area contributed by atoms with Crippen LogP contribution in [0.5, 0.6) is 0 Å². The Labute approximate surface area is 138 Å². The largest absolute Gasteiger partial charge is 0.312 e. The number of carbonyl (C=O) groups excluding carboxylic acids is 1. The molecule has 0 unspecified atom stereocenters. The molecule has 2 aromatic rings. The Hall–Kier alpha value is -2.76. The van der Waals surface area contributed by atoms with Gasteiger partial charge in [-0.05, 0) is 43.2 Å². The van der Waals surface area contributed by atoms with Crippen molar-refractivity contribution in [3.63, 3.8) is 0 Å². The van der Waals surface area contributed by atoms with Crippen LogP contribution >= 0.6 is 0 Å². The summed E-state index contributed by atoms with van der Waals surface area (Å²) in [5.74, 6) is -1.19. The Kier molecular flexibility index (Phi) is 4.55. The van der Waals surface area contributed by atoms with Gasteiger partial charge in [-0.2, -0.15) is 5.10 Å². The molecule has 1 aliphatic heterocycles. The monoisotopic (exact) mass is 329 g/mol. The second kappa shape index (κ2) is 6.78. The van der Waals surface area contributed by atoms with Crippen LogP contribution < -0.4 is 10.3 Å². The first-order valence-electron chi connectivity index (χ1n) is 7.71. The van der Waals surface area contributed by atoms with Gasteiger partial charge >= 0.3 is 0 Å². The van der Waals surface area contributed by atoms with Crippen LogP contribution in [0.1, 0.15) is 25.3 Å². The normalized spacial score (nSPS) is 15.0. The number of carbonyl (C=O) groups is 1. The van der Waals surface area contributed by atoms with E-state index in [1.54, 1.807) is 11.8 Å². The molecule has 0 saturated carbocycles. The van der Waals surface area contributed by atoms with Crippen molar-refractivity contribution in [2.75, 3.05) is 16.9 Å². The first-order valence-corrected chi connectivity index (χ1v) is 7.71. The van der Waals surface area contributed by atoms with Gasteiger partial charge in [0.2, 0.25) is 5.91 Å². The van der Waals surface area contributed by atoms with Crippen molar-refractivity contribution in [3.05, 3.63) is 59.7 Å². The Morgan fingerprint density at radius 1 is 1.17 bits per heavy atom. The number of rotatable bonds is 4. The summed E-state index contributed by atoms with van der Waals surface area (Å²) in [5, 5.41) is 4.12. The number of nitrogens with one attached hydrogen (secondary N) is 1. The number of benzene rings is 2. The average Bonchev–Trinajstić information content (AvgIpc) is 3.00. The van der Waals surface area contributed by atoms with Crippen LogP contribution in [0.2, 0.25) is 0 Å². The van der Waals surface area contributed by atoms with E-state index >= 15 is 0 Å².